The maximum atomic E-state index is 12.5. The minimum atomic E-state index is -3.59. The SMILES string of the molecule is O=[N+]([O-])c1cccc(CS(=O)(=O)NC2CCCc3ccccc32)c1. The number of fused-ring (bicyclic) bond motifs is 1. The highest BCUT2D eigenvalue weighted by Crippen LogP contribution is 2.30. The number of nitrogens with one attached hydrogen (secondary N) is 1. The Bertz CT molecular complexity index is 864. The molecule has 126 valence electrons. The number of hydrogen-bond acceptors (Lipinski definition) is 4. The van der Waals surface area contributed by atoms with Gasteiger partial charge in [0.2, 0.25) is 10.0 Å². The third kappa shape index (κ3) is 3.80. The van der Waals surface area contributed by atoms with Crippen LogP contribution in [-0.4, -0.2) is 13.3 Å². The zero-order valence-electron chi connectivity index (χ0n) is 13.0. The third-order valence-electron chi connectivity index (χ3n) is 4.17. The van der Waals surface area contributed by atoms with E-state index in [2.05, 4.69) is 4.72 Å². The van der Waals surface area contributed by atoms with Crippen LogP contribution in [0.2, 0.25) is 0 Å². The van der Waals surface area contributed by atoms with Crippen molar-refractivity contribution in [2.75, 3.05) is 0 Å². The van der Waals surface area contributed by atoms with Crippen molar-refractivity contribution in [3.05, 3.63) is 75.3 Å². The monoisotopic (exact) mass is 346 g/mol. The van der Waals surface area contributed by atoms with Crippen molar-refractivity contribution in [2.24, 2.45) is 0 Å². The van der Waals surface area contributed by atoms with Gasteiger partial charge in [-0.15, -0.1) is 0 Å². The number of aryl methyl sites for hydroxylation is 1. The molecule has 6 nitrogen and oxygen atoms in total. The molecule has 2 aromatic carbocycles. The Balaban J connectivity index is 1.78. The van der Waals surface area contributed by atoms with E-state index in [1.807, 2.05) is 24.3 Å². The molecular formula is C17H18N2O4S. The van der Waals surface area contributed by atoms with Gasteiger partial charge in [0.05, 0.1) is 10.7 Å². The average molecular weight is 346 g/mol. The first kappa shape index (κ1) is 16.6. The molecule has 7 heteroatoms. The van der Waals surface area contributed by atoms with E-state index in [4.69, 9.17) is 0 Å². The Kier molecular flexibility index (Phi) is 4.64. The van der Waals surface area contributed by atoms with Crippen molar-refractivity contribution in [1.29, 1.82) is 0 Å². The standard InChI is InChI=1S/C17H18N2O4S/c20-19(21)15-8-3-5-13(11-15)12-24(22,23)18-17-10-4-7-14-6-1-2-9-16(14)17/h1-3,5-6,8-9,11,17-18H,4,7,10,12H2. The molecule has 0 saturated heterocycles. The number of benzene rings is 2. The molecule has 1 aliphatic rings. The van der Waals surface area contributed by atoms with Gasteiger partial charge in [-0.1, -0.05) is 36.4 Å². The normalized spacial score (nSPS) is 17.2. The summed E-state index contributed by atoms with van der Waals surface area (Å²) < 4.78 is 27.7. The summed E-state index contributed by atoms with van der Waals surface area (Å²) in [7, 11) is -3.59. The van der Waals surface area contributed by atoms with Crippen LogP contribution in [0.3, 0.4) is 0 Å². The Morgan fingerprint density at radius 3 is 2.75 bits per heavy atom. The molecule has 1 aliphatic carbocycles. The quantitative estimate of drug-likeness (QED) is 0.665. The highest BCUT2D eigenvalue weighted by Gasteiger charge is 2.24. The van der Waals surface area contributed by atoms with Crippen molar-refractivity contribution < 1.29 is 13.3 Å². The zero-order chi connectivity index (χ0) is 17.2. The lowest BCUT2D eigenvalue weighted by molar-refractivity contribution is -0.384. The van der Waals surface area contributed by atoms with Crippen LogP contribution < -0.4 is 4.72 Å². The molecule has 0 aliphatic heterocycles. The number of non-ortho nitro benzene ring substituents is 1. The van der Waals surface area contributed by atoms with Gasteiger partial charge >= 0.3 is 0 Å². The molecule has 0 aromatic heterocycles. The summed E-state index contributed by atoms with van der Waals surface area (Å²) in [6.07, 6.45) is 2.64. The minimum Gasteiger partial charge on any atom is -0.258 e. The number of nitrogens with zero attached hydrogens (tertiary/aromatic N) is 1. The van der Waals surface area contributed by atoms with Gasteiger partial charge in [0.25, 0.3) is 5.69 Å². The van der Waals surface area contributed by atoms with Crippen LogP contribution >= 0.6 is 0 Å². The van der Waals surface area contributed by atoms with Gasteiger partial charge < -0.3 is 0 Å². The molecule has 2 aromatic rings. The molecule has 0 saturated carbocycles. The Hall–Kier alpha value is -2.25. The summed E-state index contributed by atoms with van der Waals surface area (Å²) >= 11 is 0. The van der Waals surface area contributed by atoms with Gasteiger partial charge in [-0.3, -0.25) is 10.1 Å². The van der Waals surface area contributed by atoms with Crippen molar-refractivity contribution in [2.45, 2.75) is 31.1 Å². The molecule has 1 N–H and O–H groups in total. The zero-order valence-corrected chi connectivity index (χ0v) is 13.8. The molecular weight excluding hydrogens is 328 g/mol. The van der Waals surface area contributed by atoms with Crippen molar-refractivity contribution in [3.63, 3.8) is 0 Å². The Labute approximate surface area is 140 Å². The summed E-state index contributed by atoms with van der Waals surface area (Å²) in [5, 5.41) is 10.8. The first-order valence-electron chi connectivity index (χ1n) is 7.76. The van der Waals surface area contributed by atoms with Crippen LogP contribution in [0.5, 0.6) is 0 Å². The molecule has 1 atom stereocenters. The number of nitro groups is 1. The van der Waals surface area contributed by atoms with Gasteiger partial charge in [-0.05, 0) is 36.0 Å². The Morgan fingerprint density at radius 1 is 1.17 bits per heavy atom. The lowest BCUT2D eigenvalue weighted by atomic mass is 9.88. The molecule has 0 fully saturated rings. The fourth-order valence-electron chi connectivity index (χ4n) is 3.11. The molecule has 24 heavy (non-hydrogen) atoms. The lowest BCUT2D eigenvalue weighted by Crippen LogP contribution is -2.32. The summed E-state index contributed by atoms with van der Waals surface area (Å²) in [5.74, 6) is -0.270. The molecule has 1 unspecified atom stereocenters. The maximum Gasteiger partial charge on any atom is 0.269 e. The second-order valence-corrected chi connectivity index (χ2v) is 7.70. The molecule has 3 rings (SSSR count). The molecule has 0 spiro atoms. The number of rotatable bonds is 5. The molecule has 0 bridgehead atoms. The van der Waals surface area contributed by atoms with Gasteiger partial charge in [0.15, 0.2) is 0 Å². The van der Waals surface area contributed by atoms with Crippen LogP contribution in [0.4, 0.5) is 5.69 Å². The van der Waals surface area contributed by atoms with Crippen LogP contribution in [0.25, 0.3) is 0 Å². The number of hydrogen-bond donors (Lipinski definition) is 1. The summed E-state index contributed by atoms with van der Waals surface area (Å²) in [6.45, 7) is 0. The van der Waals surface area contributed by atoms with Crippen molar-refractivity contribution in [3.8, 4) is 0 Å². The van der Waals surface area contributed by atoms with Gasteiger partial charge in [-0.25, -0.2) is 13.1 Å². The Morgan fingerprint density at radius 2 is 1.96 bits per heavy atom. The van der Waals surface area contributed by atoms with Crippen molar-refractivity contribution >= 4 is 15.7 Å². The van der Waals surface area contributed by atoms with E-state index in [-0.39, 0.29) is 17.5 Å². The second kappa shape index (κ2) is 6.70. The molecule has 0 heterocycles. The smallest absolute Gasteiger partial charge is 0.258 e. The predicted octanol–water partition coefficient (Wildman–Crippen LogP) is 3.09. The van der Waals surface area contributed by atoms with Crippen LogP contribution in [0.1, 0.15) is 35.6 Å². The largest absolute Gasteiger partial charge is 0.269 e. The van der Waals surface area contributed by atoms with E-state index in [0.717, 1.165) is 24.8 Å². The van der Waals surface area contributed by atoms with Crippen LogP contribution in [0, 0.1) is 10.1 Å². The summed E-state index contributed by atoms with van der Waals surface area (Å²) in [4.78, 5) is 10.3. The fourth-order valence-corrected chi connectivity index (χ4v) is 4.49. The minimum absolute atomic E-state index is 0.106. The van der Waals surface area contributed by atoms with Crippen molar-refractivity contribution in [1.82, 2.24) is 4.72 Å². The number of nitro benzene ring substituents is 1. The first-order valence-corrected chi connectivity index (χ1v) is 9.41. The lowest BCUT2D eigenvalue weighted by Gasteiger charge is -2.26. The van der Waals surface area contributed by atoms with Gasteiger partial charge in [0.1, 0.15) is 0 Å². The van der Waals surface area contributed by atoms with Crippen LogP contribution in [-0.2, 0) is 22.2 Å². The summed E-state index contributed by atoms with van der Waals surface area (Å²) in [5.41, 5.74) is 2.49. The van der Waals surface area contributed by atoms with E-state index >= 15 is 0 Å². The molecule has 0 amide bonds. The van der Waals surface area contributed by atoms with E-state index in [1.165, 1.54) is 23.8 Å². The first-order chi connectivity index (χ1) is 11.4. The van der Waals surface area contributed by atoms with E-state index in [0.29, 0.717) is 5.56 Å². The number of sulfonamides is 1. The van der Waals surface area contributed by atoms with Gasteiger partial charge in [0, 0.05) is 18.2 Å². The van der Waals surface area contributed by atoms with Gasteiger partial charge in [-0.2, -0.15) is 0 Å². The third-order valence-corrected chi connectivity index (χ3v) is 5.53. The predicted molar refractivity (Wildman–Crippen MR) is 91.0 cm³/mol. The topological polar surface area (TPSA) is 89.3 Å². The van der Waals surface area contributed by atoms with E-state index in [1.54, 1.807) is 6.07 Å². The second-order valence-electron chi connectivity index (χ2n) is 5.95. The maximum absolute atomic E-state index is 12.5. The summed E-state index contributed by atoms with van der Waals surface area (Å²) in [6, 6.07) is 13.3. The highest BCUT2D eigenvalue weighted by molar-refractivity contribution is 7.88. The molecule has 0 radical (unpaired) electrons. The van der Waals surface area contributed by atoms with E-state index in [9.17, 15) is 18.5 Å². The van der Waals surface area contributed by atoms with Crippen LogP contribution in [0.15, 0.2) is 48.5 Å². The fraction of sp³-hybridized carbons (Fsp3) is 0.294. The average Bonchev–Trinajstić information content (AvgIpc) is 2.54. The van der Waals surface area contributed by atoms with E-state index < -0.39 is 14.9 Å². The highest BCUT2D eigenvalue weighted by atomic mass is 32.2.